The molecule has 16 nitrogen and oxygen atoms in total. The predicted molar refractivity (Wildman–Crippen MR) is 256 cm³/mol. The van der Waals surface area contributed by atoms with E-state index in [0.29, 0.717) is 22.9 Å². The molecule has 346 valence electrons. The van der Waals surface area contributed by atoms with Gasteiger partial charge in [-0.1, -0.05) is 45.0 Å². The van der Waals surface area contributed by atoms with Crippen molar-refractivity contribution in [3.8, 4) is 10.4 Å². The lowest BCUT2D eigenvalue weighted by Crippen LogP contribution is -2.59. The van der Waals surface area contributed by atoms with Crippen LogP contribution in [0.4, 0.5) is 17.1 Å². The van der Waals surface area contributed by atoms with Crippen LogP contribution in [0, 0.1) is 18.3 Å². The summed E-state index contributed by atoms with van der Waals surface area (Å²) >= 11 is 1.58. The zero-order valence-corrected chi connectivity index (χ0v) is 38.7. The molecule has 3 aromatic carbocycles. The van der Waals surface area contributed by atoms with Gasteiger partial charge in [0.1, 0.15) is 12.1 Å². The Morgan fingerprint density at radius 3 is 2.18 bits per heavy atom. The second-order valence-corrected chi connectivity index (χ2v) is 19.4. The first-order valence-electron chi connectivity index (χ1n) is 22.5. The Morgan fingerprint density at radius 2 is 1.57 bits per heavy atom. The van der Waals surface area contributed by atoms with Gasteiger partial charge in [-0.2, -0.15) is 0 Å². The number of amides is 4. The number of carbonyl (C=O) groups is 4. The molecule has 0 bridgehead atoms. The molecule has 0 saturated carbocycles. The maximum absolute atomic E-state index is 14.2. The molecule has 0 aliphatic carbocycles. The second kappa shape index (κ2) is 21.0. The van der Waals surface area contributed by atoms with Crippen LogP contribution in [-0.2, 0) is 20.9 Å². The number of thiazole rings is 1. The van der Waals surface area contributed by atoms with Gasteiger partial charge in [-0.05, 0) is 104 Å². The van der Waals surface area contributed by atoms with E-state index < -0.39 is 23.6 Å². The number of rotatable bonds is 14. The van der Waals surface area contributed by atoms with Crippen molar-refractivity contribution in [3.05, 3.63) is 95.1 Å². The zero-order valence-electron chi connectivity index (χ0n) is 37.8. The van der Waals surface area contributed by atoms with Crippen LogP contribution in [0.2, 0.25) is 0 Å². The van der Waals surface area contributed by atoms with Crippen molar-refractivity contribution in [2.75, 3.05) is 69.1 Å². The predicted octanol–water partition coefficient (Wildman–Crippen LogP) is 3.92. The number of nitrogens with two attached hydrogens (primary N) is 2. The van der Waals surface area contributed by atoms with E-state index in [0.717, 1.165) is 86.0 Å². The fraction of sp³-hybridized carbons (Fsp3) is 0.458. The maximum atomic E-state index is 14.2. The Bertz CT molecular complexity index is 2290. The first-order valence-corrected chi connectivity index (χ1v) is 23.3. The molecule has 3 atom stereocenters. The number of benzene rings is 3. The van der Waals surface area contributed by atoms with E-state index in [-0.39, 0.29) is 55.6 Å². The lowest BCUT2D eigenvalue weighted by molar-refractivity contribution is -0.144. The minimum atomic E-state index is -0.874. The monoisotopic (exact) mass is 905 g/mol. The third-order valence-electron chi connectivity index (χ3n) is 12.6. The molecule has 0 radical (unpaired) electrons. The number of carbonyl (C=O) groups excluding carboxylic acids is 4. The molecule has 3 aliphatic heterocycles. The van der Waals surface area contributed by atoms with Gasteiger partial charge in [0.25, 0.3) is 5.91 Å². The highest BCUT2D eigenvalue weighted by Crippen LogP contribution is 2.29. The summed E-state index contributed by atoms with van der Waals surface area (Å²) < 4.78 is 0. The highest BCUT2D eigenvalue weighted by molar-refractivity contribution is 7.13. The molecule has 7 rings (SSSR count). The van der Waals surface area contributed by atoms with Gasteiger partial charge in [0, 0.05) is 69.2 Å². The number of β-amino-alcohol motifs (C(OH)–C–C–N with tert-alkyl or cyclic N) is 1. The molecule has 3 saturated heterocycles. The van der Waals surface area contributed by atoms with Crippen molar-refractivity contribution in [2.24, 2.45) is 27.8 Å². The van der Waals surface area contributed by atoms with Crippen molar-refractivity contribution >= 4 is 58.0 Å². The van der Waals surface area contributed by atoms with Gasteiger partial charge < -0.3 is 42.3 Å². The molecule has 3 fully saturated rings. The zero-order chi connectivity index (χ0) is 46.3. The topological polar surface area (TPSA) is 215 Å². The lowest BCUT2D eigenvalue weighted by atomic mass is 9.85. The summed E-state index contributed by atoms with van der Waals surface area (Å²) in [5, 5.41) is 19.6. The Morgan fingerprint density at radius 1 is 0.892 bits per heavy atom. The number of aliphatic imine (C=N–C) groups is 1. The summed E-state index contributed by atoms with van der Waals surface area (Å²) in [6.07, 6.45) is 1.27. The fourth-order valence-corrected chi connectivity index (χ4v) is 9.68. The average molecular weight is 906 g/mol. The summed E-state index contributed by atoms with van der Waals surface area (Å²) in [6.45, 7) is 14.5. The van der Waals surface area contributed by atoms with E-state index in [1.807, 2.05) is 81.7 Å². The Balaban J connectivity index is 0.825. The van der Waals surface area contributed by atoms with Crippen LogP contribution < -0.4 is 32.3 Å². The highest BCUT2D eigenvalue weighted by Gasteiger charge is 2.44. The van der Waals surface area contributed by atoms with Gasteiger partial charge in [-0.15, -0.1) is 11.3 Å². The summed E-state index contributed by atoms with van der Waals surface area (Å²) in [4.78, 5) is 71.9. The molecule has 17 heteroatoms. The van der Waals surface area contributed by atoms with Gasteiger partial charge in [0.05, 0.1) is 34.4 Å². The molecule has 1 aromatic heterocycles. The van der Waals surface area contributed by atoms with Gasteiger partial charge >= 0.3 is 0 Å². The number of likely N-dealkylation sites (tertiary alicyclic amines) is 2. The van der Waals surface area contributed by atoms with E-state index in [4.69, 9.17) is 11.5 Å². The maximum Gasteiger partial charge on any atom is 0.255 e. The molecule has 4 aromatic rings. The number of aryl methyl sites for hydroxylation is 1. The van der Waals surface area contributed by atoms with Crippen molar-refractivity contribution in [2.45, 2.75) is 71.7 Å². The third kappa shape index (κ3) is 12.5. The summed E-state index contributed by atoms with van der Waals surface area (Å²) in [7, 11) is 0. The standard InChI is InChI=1S/C48H63N11O5S/c1-31-42(65-30-52-31)34-7-5-32(6-8-34)26-51-45(63)40-25-39(60)28-59(40)46(64)43(48(2,3)4)55-41(61)29-56-19-17-33(18-20-56)27-57-21-23-58(24-22-57)38-15-13-36(14-16-38)53-44(62)35-9-11-37(12-10-35)54-47(49)50/h5-16,30,33,39-40,43,60H,17-29H2,1-4H3,(H,51,63)(H,53,62)(H,55,61)(H4,49,50,54)/t39-,40+,43-/m1/s1. The summed E-state index contributed by atoms with van der Waals surface area (Å²) in [5.41, 5.74) is 17.9. The number of aliphatic hydroxyl groups excluding tert-OH is 1. The number of hydrogen-bond acceptors (Lipinski definition) is 11. The molecule has 8 N–H and O–H groups in total. The van der Waals surface area contributed by atoms with Crippen molar-refractivity contribution in [3.63, 3.8) is 0 Å². The fourth-order valence-electron chi connectivity index (χ4n) is 8.87. The number of guanidine groups is 1. The first kappa shape index (κ1) is 47.1. The summed E-state index contributed by atoms with van der Waals surface area (Å²) in [6, 6.07) is 20.9. The molecule has 0 spiro atoms. The Kier molecular flexibility index (Phi) is 15.2. The first-order chi connectivity index (χ1) is 31.1. The van der Waals surface area contributed by atoms with Crippen LogP contribution in [0.1, 0.15) is 61.6 Å². The van der Waals surface area contributed by atoms with Crippen LogP contribution in [0.25, 0.3) is 10.4 Å². The number of piperazine rings is 1. The quantitative estimate of drug-likeness (QED) is 0.0788. The van der Waals surface area contributed by atoms with Gasteiger partial charge in [-0.25, -0.2) is 9.98 Å². The SMILES string of the molecule is Cc1ncsc1-c1ccc(CNC(=O)[C@@H]2C[C@@H](O)CN2C(=O)[C@@H](NC(=O)CN2CCC(CN3CCN(c4ccc(NC(=O)c5ccc(N=C(N)N)cc5)cc4)CC3)CC2)C(C)(C)C)cc1. The highest BCUT2D eigenvalue weighted by atomic mass is 32.1. The van der Waals surface area contributed by atoms with E-state index in [1.165, 1.54) is 4.90 Å². The normalized spacial score (nSPS) is 19.1. The number of hydrogen-bond donors (Lipinski definition) is 6. The molecular weight excluding hydrogens is 843 g/mol. The minimum Gasteiger partial charge on any atom is -0.391 e. The van der Waals surface area contributed by atoms with Gasteiger partial charge in [0.15, 0.2) is 5.96 Å². The van der Waals surface area contributed by atoms with E-state index in [1.54, 1.807) is 35.6 Å². The third-order valence-corrected chi connectivity index (χ3v) is 13.5. The Hall–Kier alpha value is -5.88. The van der Waals surface area contributed by atoms with Crippen molar-refractivity contribution < 1.29 is 24.3 Å². The molecule has 4 heterocycles. The van der Waals surface area contributed by atoms with E-state index in [2.05, 4.69) is 40.6 Å². The number of aliphatic hydroxyl groups is 1. The van der Waals surface area contributed by atoms with E-state index in [9.17, 15) is 24.3 Å². The van der Waals surface area contributed by atoms with Gasteiger partial charge in [0.2, 0.25) is 17.7 Å². The van der Waals surface area contributed by atoms with Crippen molar-refractivity contribution in [1.29, 1.82) is 0 Å². The van der Waals surface area contributed by atoms with Crippen LogP contribution in [-0.4, -0.2) is 131 Å². The van der Waals surface area contributed by atoms with Gasteiger partial charge in [-0.3, -0.25) is 29.0 Å². The number of piperidine rings is 1. The number of anilines is 2. The molecule has 65 heavy (non-hydrogen) atoms. The number of aromatic nitrogens is 1. The molecule has 4 amide bonds. The largest absolute Gasteiger partial charge is 0.391 e. The molecule has 3 aliphatic rings. The lowest BCUT2D eigenvalue weighted by Gasteiger charge is -2.40. The van der Waals surface area contributed by atoms with Crippen LogP contribution in [0.5, 0.6) is 0 Å². The minimum absolute atomic E-state index is 0.0284. The van der Waals surface area contributed by atoms with Crippen LogP contribution in [0.3, 0.4) is 0 Å². The van der Waals surface area contributed by atoms with E-state index >= 15 is 0 Å². The number of nitrogens with one attached hydrogen (secondary N) is 3. The summed E-state index contributed by atoms with van der Waals surface area (Å²) in [5.74, 6) is -0.642. The second-order valence-electron chi connectivity index (χ2n) is 18.5. The van der Waals surface area contributed by atoms with Crippen LogP contribution in [0.15, 0.2) is 83.3 Å². The van der Waals surface area contributed by atoms with Crippen LogP contribution >= 0.6 is 11.3 Å². The Labute approximate surface area is 385 Å². The molecular formula is C48H63N11O5S. The van der Waals surface area contributed by atoms with Crippen molar-refractivity contribution in [1.82, 2.24) is 30.3 Å². The number of nitrogens with zero attached hydrogens (tertiary/aromatic N) is 6. The smallest absolute Gasteiger partial charge is 0.255 e. The average Bonchev–Trinajstić information content (AvgIpc) is 3.90. The molecule has 0 unspecified atom stereocenters.